The van der Waals surface area contributed by atoms with Crippen LogP contribution in [0, 0.1) is 0 Å². The lowest BCUT2D eigenvalue weighted by Crippen LogP contribution is -2.38. The summed E-state index contributed by atoms with van der Waals surface area (Å²) in [6.45, 7) is 5.49. The first kappa shape index (κ1) is 12.6. The van der Waals surface area contributed by atoms with E-state index in [0.29, 0.717) is 19.4 Å². The summed E-state index contributed by atoms with van der Waals surface area (Å²) in [5, 5.41) is 16.5. The van der Waals surface area contributed by atoms with E-state index in [2.05, 4.69) is 24.2 Å². The van der Waals surface area contributed by atoms with Crippen LogP contribution < -0.4 is 0 Å². The van der Waals surface area contributed by atoms with Crippen molar-refractivity contribution in [2.75, 3.05) is 6.61 Å². The summed E-state index contributed by atoms with van der Waals surface area (Å²) in [5.41, 5.74) is 1.32. The molecule has 0 radical (unpaired) electrons. The van der Waals surface area contributed by atoms with Crippen LogP contribution in [0.3, 0.4) is 0 Å². The van der Waals surface area contributed by atoms with E-state index in [9.17, 15) is 5.11 Å². The van der Waals surface area contributed by atoms with Gasteiger partial charge in [-0.2, -0.15) is 5.10 Å². The Morgan fingerprint density at radius 1 is 1.47 bits per heavy atom. The summed E-state index contributed by atoms with van der Waals surface area (Å²) in [4.78, 5) is 0. The van der Waals surface area contributed by atoms with Gasteiger partial charge in [-0.05, 0) is 19.9 Å². The first-order valence-corrected chi connectivity index (χ1v) is 6.92. The Balaban J connectivity index is 2.01. The van der Waals surface area contributed by atoms with Crippen LogP contribution in [0.1, 0.15) is 26.0 Å². The maximum Gasteiger partial charge on any atom is 0.0983 e. The summed E-state index contributed by atoms with van der Waals surface area (Å²) in [6, 6.07) is 8.20. The summed E-state index contributed by atoms with van der Waals surface area (Å²) in [6.07, 6.45) is 1.11. The average molecular weight is 260 g/mol. The molecule has 0 spiro atoms. The van der Waals surface area contributed by atoms with Crippen molar-refractivity contribution >= 4 is 10.9 Å². The Morgan fingerprint density at radius 2 is 2.26 bits per heavy atom. The molecule has 2 aromatic rings. The van der Waals surface area contributed by atoms with E-state index in [1.165, 1.54) is 0 Å². The molecule has 1 aromatic carbocycles. The van der Waals surface area contributed by atoms with Gasteiger partial charge in [0.2, 0.25) is 0 Å². The normalized spacial score (nSPS) is 27.2. The van der Waals surface area contributed by atoms with Crippen molar-refractivity contribution in [2.24, 2.45) is 0 Å². The van der Waals surface area contributed by atoms with E-state index >= 15 is 0 Å². The second-order valence-electron chi connectivity index (χ2n) is 5.32. The van der Waals surface area contributed by atoms with Gasteiger partial charge in [-0.1, -0.05) is 18.2 Å². The highest BCUT2D eigenvalue weighted by Gasteiger charge is 2.40. The van der Waals surface area contributed by atoms with Gasteiger partial charge in [-0.15, -0.1) is 0 Å². The Morgan fingerprint density at radius 3 is 2.95 bits per heavy atom. The topological polar surface area (TPSA) is 47.3 Å². The van der Waals surface area contributed by atoms with Gasteiger partial charge in [-0.25, -0.2) is 0 Å². The van der Waals surface area contributed by atoms with E-state index in [1.54, 1.807) is 0 Å². The molecule has 1 aliphatic heterocycles. The molecule has 1 fully saturated rings. The van der Waals surface area contributed by atoms with Gasteiger partial charge in [0.25, 0.3) is 0 Å². The van der Waals surface area contributed by atoms with Crippen molar-refractivity contribution in [3.05, 3.63) is 30.0 Å². The zero-order valence-corrected chi connectivity index (χ0v) is 11.5. The Bertz CT molecular complexity index is 593. The molecule has 0 amide bonds. The molecular weight excluding hydrogens is 240 g/mol. The summed E-state index contributed by atoms with van der Waals surface area (Å²) in [5.74, 6) is 0. The molecule has 2 heterocycles. The minimum atomic E-state index is -0.782. The van der Waals surface area contributed by atoms with Crippen LogP contribution in [0.4, 0.5) is 0 Å². The first-order valence-electron chi connectivity index (χ1n) is 6.92. The van der Waals surface area contributed by atoms with Crippen LogP contribution in [-0.4, -0.2) is 33.2 Å². The van der Waals surface area contributed by atoms with Crippen molar-refractivity contribution in [3.8, 4) is 0 Å². The number of hydrogen-bond acceptors (Lipinski definition) is 3. The third kappa shape index (κ3) is 2.05. The molecule has 2 atom stereocenters. The lowest BCUT2D eigenvalue weighted by atomic mass is 9.90. The number of hydrogen-bond donors (Lipinski definition) is 1. The summed E-state index contributed by atoms with van der Waals surface area (Å²) in [7, 11) is 0. The highest BCUT2D eigenvalue weighted by molar-refractivity contribution is 5.82. The fourth-order valence-electron chi connectivity index (χ4n) is 2.86. The summed E-state index contributed by atoms with van der Waals surface area (Å²) >= 11 is 0. The lowest BCUT2D eigenvalue weighted by Gasteiger charge is -2.25. The van der Waals surface area contributed by atoms with Crippen LogP contribution in [-0.2, 0) is 17.7 Å². The highest BCUT2D eigenvalue weighted by Crippen LogP contribution is 2.31. The third-order valence-electron chi connectivity index (χ3n) is 4.17. The smallest absolute Gasteiger partial charge is 0.0983 e. The van der Waals surface area contributed by atoms with Crippen molar-refractivity contribution in [1.82, 2.24) is 9.78 Å². The van der Waals surface area contributed by atoms with Crippen molar-refractivity contribution in [2.45, 2.75) is 44.9 Å². The van der Waals surface area contributed by atoms with Crippen LogP contribution in [0.25, 0.3) is 10.9 Å². The summed E-state index contributed by atoms with van der Waals surface area (Å²) < 4.78 is 7.50. The van der Waals surface area contributed by atoms with Gasteiger partial charge in [0.1, 0.15) is 0 Å². The second-order valence-corrected chi connectivity index (χ2v) is 5.32. The fourth-order valence-corrected chi connectivity index (χ4v) is 2.86. The van der Waals surface area contributed by atoms with Gasteiger partial charge >= 0.3 is 0 Å². The number of aromatic nitrogens is 2. The number of benzene rings is 1. The number of fused-ring (bicyclic) bond motifs is 1. The molecule has 0 aliphatic carbocycles. The molecule has 102 valence electrons. The minimum absolute atomic E-state index is 0.127. The van der Waals surface area contributed by atoms with Crippen molar-refractivity contribution < 1.29 is 9.84 Å². The predicted octanol–water partition coefficient (Wildman–Crippen LogP) is 2.14. The molecule has 4 nitrogen and oxygen atoms in total. The van der Waals surface area contributed by atoms with Gasteiger partial charge < -0.3 is 9.84 Å². The van der Waals surface area contributed by atoms with Crippen LogP contribution in [0.2, 0.25) is 0 Å². The number of rotatable bonds is 3. The molecular formula is C15H20N2O2. The minimum Gasteiger partial charge on any atom is -0.387 e. The SMILES string of the molecule is CCn1nc(CC2(O)CCOC2C)c2ccccc21. The molecule has 1 aromatic heterocycles. The van der Waals surface area contributed by atoms with Crippen LogP contribution >= 0.6 is 0 Å². The second kappa shape index (κ2) is 4.62. The number of aryl methyl sites for hydroxylation is 1. The lowest BCUT2D eigenvalue weighted by molar-refractivity contribution is -0.0273. The van der Waals surface area contributed by atoms with Crippen LogP contribution in [0.15, 0.2) is 24.3 Å². The van der Waals surface area contributed by atoms with Gasteiger partial charge in [-0.3, -0.25) is 4.68 Å². The Labute approximate surface area is 113 Å². The number of ether oxygens (including phenoxy) is 1. The van der Waals surface area contributed by atoms with E-state index in [0.717, 1.165) is 23.1 Å². The monoisotopic (exact) mass is 260 g/mol. The molecule has 1 saturated heterocycles. The Hall–Kier alpha value is -1.39. The van der Waals surface area contributed by atoms with Gasteiger partial charge in [0.05, 0.1) is 22.9 Å². The maximum absolute atomic E-state index is 10.7. The van der Waals surface area contributed by atoms with Crippen molar-refractivity contribution in [3.63, 3.8) is 0 Å². The van der Waals surface area contributed by atoms with Gasteiger partial charge in [0.15, 0.2) is 0 Å². The zero-order valence-electron chi connectivity index (χ0n) is 11.5. The van der Waals surface area contributed by atoms with E-state index in [4.69, 9.17) is 4.74 Å². The van der Waals surface area contributed by atoms with E-state index < -0.39 is 5.60 Å². The quantitative estimate of drug-likeness (QED) is 0.919. The van der Waals surface area contributed by atoms with E-state index in [-0.39, 0.29) is 6.10 Å². The molecule has 1 aliphatic rings. The predicted molar refractivity (Wildman–Crippen MR) is 74.1 cm³/mol. The van der Waals surface area contributed by atoms with Crippen molar-refractivity contribution in [1.29, 1.82) is 0 Å². The first-order chi connectivity index (χ1) is 9.14. The molecule has 1 N–H and O–H groups in total. The zero-order chi connectivity index (χ0) is 13.5. The fraction of sp³-hybridized carbons (Fsp3) is 0.533. The van der Waals surface area contributed by atoms with E-state index in [1.807, 2.05) is 23.7 Å². The highest BCUT2D eigenvalue weighted by atomic mass is 16.5. The molecule has 0 bridgehead atoms. The number of nitrogens with zero attached hydrogens (tertiary/aromatic N) is 2. The molecule has 3 rings (SSSR count). The largest absolute Gasteiger partial charge is 0.387 e. The molecule has 4 heteroatoms. The molecule has 19 heavy (non-hydrogen) atoms. The Kier molecular flexibility index (Phi) is 3.07. The van der Waals surface area contributed by atoms with Crippen LogP contribution in [0.5, 0.6) is 0 Å². The molecule has 0 saturated carbocycles. The van der Waals surface area contributed by atoms with Gasteiger partial charge in [0, 0.05) is 31.4 Å². The number of para-hydroxylation sites is 1. The third-order valence-corrected chi connectivity index (χ3v) is 4.17. The molecule has 2 unspecified atom stereocenters. The standard InChI is InChI=1S/C15H20N2O2/c1-3-17-14-7-5-4-6-12(14)13(16-17)10-15(18)8-9-19-11(15)2/h4-7,11,18H,3,8-10H2,1-2H3. The average Bonchev–Trinajstić information content (AvgIpc) is 2.92. The number of aliphatic hydroxyl groups is 1. The maximum atomic E-state index is 10.7.